The number of ether oxygens (including phenoxy) is 1. The SMILES string of the molecule is COc1ccc2nccc(NC(=O)N3CCN(CCN4C=c5cnsc5=CC4)CC3)c2n1. The molecule has 0 spiro atoms. The maximum Gasteiger partial charge on any atom is 0.321 e. The van der Waals surface area contributed by atoms with Crippen LogP contribution in [-0.2, 0) is 0 Å². The molecule has 3 aromatic rings. The molecule has 2 aliphatic heterocycles. The lowest BCUT2D eigenvalue weighted by molar-refractivity contribution is 0.142. The zero-order chi connectivity index (χ0) is 21.9. The molecular formula is C22H25N7O2S. The molecular weight excluding hydrogens is 426 g/mol. The fourth-order valence-corrected chi connectivity index (χ4v) is 4.61. The van der Waals surface area contributed by atoms with Crippen LogP contribution in [0.3, 0.4) is 0 Å². The van der Waals surface area contributed by atoms with Crippen LogP contribution in [0.4, 0.5) is 10.5 Å². The van der Waals surface area contributed by atoms with E-state index in [-0.39, 0.29) is 6.03 Å². The third kappa shape index (κ3) is 4.37. The van der Waals surface area contributed by atoms with Gasteiger partial charge >= 0.3 is 6.03 Å². The summed E-state index contributed by atoms with van der Waals surface area (Å²) in [6.45, 7) is 5.98. The summed E-state index contributed by atoms with van der Waals surface area (Å²) in [7, 11) is 1.57. The van der Waals surface area contributed by atoms with Crippen molar-refractivity contribution >= 4 is 46.6 Å². The summed E-state index contributed by atoms with van der Waals surface area (Å²) >= 11 is 1.55. The zero-order valence-electron chi connectivity index (χ0n) is 17.9. The third-order valence-corrected chi connectivity index (χ3v) is 6.64. The number of amides is 2. The van der Waals surface area contributed by atoms with Crippen LogP contribution in [0.5, 0.6) is 5.88 Å². The van der Waals surface area contributed by atoms with Gasteiger partial charge in [-0.1, -0.05) is 0 Å². The van der Waals surface area contributed by atoms with Crippen molar-refractivity contribution in [3.63, 3.8) is 0 Å². The summed E-state index contributed by atoms with van der Waals surface area (Å²) in [4.78, 5) is 28.2. The number of hydrogen-bond donors (Lipinski definition) is 1. The van der Waals surface area contributed by atoms with Gasteiger partial charge in [-0.2, -0.15) is 4.37 Å². The summed E-state index contributed by atoms with van der Waals surface area (Å²) in [5.74, 6) is 0.490. The lowest BCUT2D eigenvalue weighted by Crippen LogP contribution is -2.51. The molecule has 2 amide bonds. The molecule has 5 rings (SSSR count). The minimum absolute atomic E-state index is 0.113. The van der Waals surface area contributed by atoms with E-state index in [2.05, 4.69) is 41.7 Å². The van der Waals surface area contributed by atoms with Crippen molar-refractivity contribution < 1.29 is 9.53 Å². The first-order valence-electron chi connectivity index (χ1n) is 10.6. The first kappa shape index (κ1) is 20.7. The molecule has 0 aliphatic carbocycles. The Morgan fingerprint density at radius 1 is 1.19 bits per heavy atom. The van der Waals surface area contributed by atoms with Crippen LogP contribution in [0.25, 0.3) is 23.3 Å². The fourth-order valence-electron chi connectivity index (χ4n) is 3.97. The Hall–Kier alpha value is -3.24. The number of aromatic nitrogens is 3. The number of rotatable bonds is 5. The minimum Gasteiger partial charge on any atom is -0.481 e. The lowest BCUT2D eigenvalue weighted by Gasteiger charge is -2.35. The van der Waals surface area contributed by atoms with Crippen LogP contribution >= 0.6 is 11.5 Å². The Bertz CT molecular complexity index is 1240. The molecule has 0 radical (unpaired) electrons. The average molecular weight is 452 g/mol. The topological polar surface area (TPSA) is 86.7 Å². The van der Waals surface area contributed by atoms with Gasteiger partial charge in [0.2, 0.25) is 5.88 Å². The van der Waals surface area contributed by atoms with E-state index < -0.39 is 0 Å². The maximum absolute atomic E-state index is 12.9. The Labute approximate surface area is 189 Å². The number of carbonyl (C=O) groups is 1. The van der Waals surface area contributed by atoms with Crippen LogP contribution in [-0.4, -0.2) is 88.0 Å². The Balaban J connectivity index is 1.14. The quantitative estimate of drug-likeness (QED) is 0.613. The highest BCUT2D eigenvalue weighted by molar-refractivity contribution is 7.03. The number of methoxy groups -OCH3 is 1. The Morgan fingerprint density at radius 2 is 2.06 bits per heavy atom. The van der Waals surface area contributed by atoms with E-state index in [1.165, 1.54) is 9.75 Å². The molecule has 0 bridgehead atoms. The van der Waals surface area contributed by atoms with Crippen LogP contribution < -0.4 is 19.8 Å². The molecule has 0 atom stereocenters. The molecule has 1 fully saturated rings. The molecule has 5 heterocycles. The van der Waals surface area contributed by atoms with E-state index in [0.29, 0.717) is 35.7 Å². The van der Waals surface area contributed by atoms with Crippen LogP contribution in [0, 0.1) is 0 Å². The molecule has 1 N–H and O–H groups in total. The van der Waals surface area contributed by atoms with E-state index in [1.54, 1.807) is 37.0 Å². The number of fused-ring (bicyclic) bond motifs is 2. The molecule has 3 aromatic heterocycles. The van der Waals surface area contributed by atoms with Gasteiger partial charge in [0.25, 0.3) is 0 Å². The van der Waals surface area contributed by atoms with Gasteiger partial charge in [0.05, 0.1) is 22.8 Å². The normalized spacial score (nSPS) is 16.3. The second kappa shape index (κ2) is 9.09. The van der Waals surface area contributed by atoms with Crippen molar-refractivity contribution in [1.29, 1.82) is 0 Å². The van der Waals surface area contributed by atoms with Crippen LogP contribution in [0.2, 0.25) is 0 Å². The van der Waals surface area contributed by atoms with Crippen LogP contribution in [0.1, 0.15) is 0 Å². The predicted molar refractivity (Wildman–Crippen MR) is 125 cm³/mol. The summed E-state index contributed by atoms with van der Waals surface area (Å²) in [6.07, 6.45) is 8.04. The van der Waals surface area contributed by atoms with Crippen molar-refractivity contribution in [3.8, 4) is 5.88 Å². The molecule has 0 saturated carbocycles. The minimum atomic E-state index is -0.113. The molecule has 1 saturated heterocycles. The molecule has 166 valence electrons. The van der Waals surface area contributed by atoms with Crippen molar-refractivity contribution in [3.05, 3.63) is 40.3 Å². The van der Waals surface area contributed by atoms with E-state index in [1.807, 2.05) is 17.2 Å². The Kier molecular flexibility index (Phi) is 5.87. The van der Waals surface area contributed by atoms with Crippen LogP contribution in [0.15, 0.2) is 30.6 Å². The summed E-state index contributed by atoms with van der Waals surface area (Å²) in [5, 5.41) is 4.21. The summed E-state index contributed by atoms with van der Waals surface area (Å²) < 4.78 is 10.7. The van der Waals surface area contributed by atoms with E-state index in [9.17, 15) is 4.79 Å². The Morgan fingerprint density at radius 3 is 2.91 bits per heavy atom. The maximum atomic E-state index is 12.9. The highest BCUT2D eigenvalue weighted by Crippen LogP contribution is 2.22. The van der Waals surface area contributed by atoms with Crippen molar-refractivity contribution in [2.24, 2.45) is 0 Å². The average Bonchev–Trinajstić information content (AvgIpc) is 3.31. The van der Waals surface area contributed by atoms with E-state index in [0.717, 1.165) is 32.7 Å². The predicted octanol–water partition coefficient (Wildman–Crippen LogP) is 0.779. The highest BCUT2D eigenvalue weighted by Gasteiger charge is 2.22. The number of carbonyl (C=O) groups excluding carboxylic acids is 1. The van der Waals surface area contributed by atoms with Gasteiger partial charge in [-0.15, -0.1) is 0 Å². The van der Waals surface area contributed by atoms with Gasteiger partial charge in [-0.25, -0.2) is 9.78 Å². The number of pyridine rings is 2. The number of piperazine rings is 1. The number of urea groups is 1. The third-order valence-electron chi connectivity index (χ3n) is 5.83. The second-order valence-corrected chi connectivity index (χ2v) is 8.65. The molecule has 10 heteroatoms. The highest BCUT2D eigenvalue weighted by atomic mass is 32.1. The molecule has 0 unspecified atom stereocenters. The largest absolute Gasteiger partial charge is 0.481 e. The van der Waals surface area contributed by atoms with Gasteiger partial charge in [0, 0.05) is 75.7 Å². The van der Waals surface area contributed by atoms with Crippen molar-refractivity contribution in [2.75, 3.05) is 58.2 Å². The van der Waals surface area contributed by atoms with E-state index in [4.69, 9.17) is 4.74 Å². The monoisotopic (exact) mass is 451 g/mol. The van der Waals surface area contributed by atoms with Gasteiger partial charge in [0.1, 0.15) is 5.52 Å². The number of nitrogens with zero attached hydrogens (tertiary/aromatic N) is 6. The van der Waals surface area contributed by atoms with Gasteiger partial charge in [-0.05, 0) is 29.7 Å². The molecule has 2 aliphatic rings. The number of hydrogen-bond acceptors (Lipinski definition) is 8. The molecule has 32 heavy (non-hydrogen) atoms. The first-order valence-corrected chi connectivity index (χ1v) is 11.4. The zero-order valence-corrected chi connectivity index (χ0v) is 18.7. The number of anilines is 1. The van der Waals surface area contributed by atoms with Crippen molar-refractivity contribution in [2.45, 2.75) is 0 Å². The second-order valence-electron chi connectivity index (χ2n) is 7.81. The lowest BCUT2D eigenvalue weighted by atomic mass is 10.2. The smallest absolute Gasteiger partial charge is 0.321 e. The van der Waals surface area contributed by atoms with Gasteiger partial charge in [0.15, 0.2) is 0 Å². The summed E-state index contributed by atoms with van der Waals surface area (Å²) in [6, 6.07) is 5.25. The first-order chi connectivity index (χ1) is 15.7. The van der Waals surface area contributed by atoms with Gasteiger partial charge in [-0.3, -0.25) is 9.88 Å². The van der Waals surface area contributed by atoms with Crippen molar-refractivity contribution in [1.82, 2.24) is 29.0 Å². The van der Waals surface area contributed by atoms with E-state index >= 15 is 0 Å². The standard InChI is InChI=1S/C22H25N7O2S/c1-31-20-3-2-17-21(26-20)18(4-6-23-17)25-22(30)29-12-10-27(11-13-29)8-9-28-7-5-19-16(15-28)14-24-32-19/h2-6,14-15H,7-13H2,1H3,(H,23,25,30). The molecule has 9 nitrogen and oxygen atoms in total. The number of nitrogens with one attached hydrogen (secondary N) is 1. The summed E-state index contributed by atoms with van der Waals surface area (Å²) in [5.41, 5.74) is 1.98. The van der Waals surface area contributed by atoms with Gasteiger partial charge < -0.3 is 19.9 Å². The molecule has 0 aromatic carbocycles. The fraction of sp³-hybridized carbons (Fsp3) is 0.364.